The summed E-state index contributed by atoms with van der Waals surface area (Å²) in [5.41, 5.74) is 27.4. The Bertz CT molecular complexity index is 6220. The lowest BCUT2D eigenvalue weighted by atomic mass is 9.52. The third kappa shape index (κ3) is 3.52. The van der Waals surface area contributed by atoms with Crippen LogP contribution in [0.25, 0.3) is 157 Å². The van der Waals surface area contributed by atoms with Crippen molar-refractivity contribution in [1.82, 2.24) is 9.80 Å². The fraction of sp³-hybridized carbons (Fsp3) is 0.218. The lowest BCUT2D eigenvalue weighted by molar-refractivity contribution is -0.984. The number of quaternary nitrogens is 1. The summed E-state index contributed by atoms with van der Waals surface area (Å²) in [6.45, 7) is 6.03. The first kappa shape index (κ1) is 41.5. The lowest BCUT2D eigenvalue weighted by Crippen LogP contribution is -3.00. The minimum Gasteiger partial charge on any atom is -1.00 e. The van der Waals surface area contributed by atoms with Crippen LogP contribution >= 0.6 is 0 Å². The van der Waals surface area contributed by atoms with Gasteiger partial charge in [0.25, 0.3) is 0 Å². The fourth-order valence-electron chi connectivity index (χ4n) is 24.6. The molecule has 0 saturated carbocycles. The highest BCUT2D eigenvalue weighted by molar-refractivity contribution is 6.58. The molecule has 0 radical (unpaired) electrons. The number of nitrogens with zero attached hydrogens (tertiary/aromatic N) is 4. The van der Waals surface area contributed by atoms with Crippen molar-refractivity contribution in [3.05, 3.63) is 187 Å². The molecule has 5 unspecified atom stereocenters. The molecule has 5 atom stereocenters. The fourth-order valence-corrected chi connectivity index (χ4v) is 24.6. The number of fused-ring (bicyclic) bond motifs is 5. The zero-order chi connectivity index (χ0) is 51.9. The van der Waals surface area contributed by atoms with Gasteiger partial charge in [-0.25, -0.2) is 4.57 Å². The van der Waals surface area contributed by atoms with Crippen molar-refractivity contribution in [1.29, 1.82) is 0 Å². The summed E-state index contributed by atoms with van der Waals surface area (Å²) in [6, 6.07) is 38.0. The SMILES string of the molecule is CN1CC2c3cc4c5c6c(cc7ccc8cc9c%10c%11c(cc(c%12c3c5c(c%12%11)c3c6c7c8c%103)C2C1c1ccc[n+](C)c1)C9)C4.C[N+]12CCN(CC1)C13C4=Cc5ccc6cc7c8c9c(c%10c%11c8c(cc8ccc%12cc(c1c-%10c%12c8%11)C4)C7)C32c5c69.[I-]. The van der Waals surface area contributed by atoms with Crippen molar-refractivity contribution >= 4 is 146 Å². The van der Waals surface area contributed by atoms with E-state index in [9.17, 15) is 0 Å². The molecule has 4 saturated heterocycles. The van der Waals surface area contributed by atoms with Gasteiger partial charge in [-0.15, -0.1) is 0 Å². The molecule has 1 aromatic heterocycles. The predicted molar refractivity (Wildman–Crippen MR) is 334 cm³/mol. The Morgan fingerprint density at radius 3 is 1.67 bits per heavy atom. The van der Waals surface area contributed by atoms with E-state index in [4.69, 9.17) is 0 Å². The van der Waals surface area contributed by atoms with Crippen LogP contribution in [0, 0.1) is 0 Å². The normalized spacial score (nSPS) is 27.1. The highest BCUT2D eigenvalue weighted by atomic mass is 127. The second kappa shape index (κ2) is 11.8. The minimum absolute atomic E-state index is 0. The Balaban J connectivity index is 0.000000103. The monoisotopic (exact) mass is 1170 g/mol. The summed E-state index contributed by atoms with van der Waals surface area (Å²) in [7, 11) is 7.21. The molecule has 29 rings (SSSR count). The van der Waals surface area contributed by atoms with Crippen molar-refractivity contribution in [2.45, 2.75) is 54.6 Å². The molecular formula is C78H48IN4+. The number of likely N-dealkylation sites (tertiary alicyclic amines) is 1. The summed E-state index contributed by atoms with van der Waals surface area (Å²) < 4.78 is 3.40. The van der Waals surface area contributed by atoms with E-state index in [0.717, 1.165) is 32.2 Å². The van der Waals surface area contributed by atoms with E-state index in [1.807, 2.05) is 0 Å². The number of likely N-dealkylation sites (N-methyl/N-ethyl adjacent to an activating group) is 2. The van der Waals surface area contributed by atoms with Crippen LogP contribution in [0.3, 0.4) is 0 Å². The minimum atomic E-state index is -0.0359. The number of hydrogen-bond acceptors (Lipinski definition) is 2. The molecule has 0 N–H and O–H groups in total. The molecule has 16 aromatic rings. The van der Waals surface area contributed by atoms with Gasteiger partial charge in [0.2, 0.25) is 0 Å². The Morgan fingerprint density at radius 2 is 1.01 bits per heavy atom. The number of aromatic nitrogens is 1. The first-order valence-corrected chi connectivity index (χ1v) is 31.0. The molecule has 386 valence electrons. The quantitative estimate of drug-likeness (QED) is 0.0702. The summed E-state index contributed by atoms with van der Waals surface area (Å²) in [5.74, 6) is 0.979. The van der Waals surface area contributed by atoms with E-state index in [-0.39, 0.29) is 35.1 Å². The zero-order valence-corrected chi connectivity index (χ0v) is 48.3. The summed E-state index contributed by atoms with van der Waals surface area (Å²) in [5, 5.41) is 40.9. The Labute approximate surface area is 492 Å². The molecule has 5 heterocycles. The van der Waals surface area contributed by atoms with E-state index in [2.05, 4.69) is 145 Å². The maximum absolute atomic E-state index is 3.00. The lowest BCUT2D eigenvalue weighted by Gasteiger charge is -2.71. The Hall–Kier alpha value is -7.52. The van der Waals surface area contributed by atoms with Crippen molar-refractivity contribution in [3.63, 3.8) is 0 Å². The summed E-state index contributed by atoms with van der Waals surface area (Å²) >= 11 is 0. The van der Waals surface area contributed by atoms with Crippen LogP contribution in [-0.4, -0.2) is 61.1 Å². The Morgan fingerprint density at radius 1 is 0.494 bits per heavy atom. The van der Waals surface area contributed by atoms with Crippen LogP contribution in [0.1, 0.15) is 95.8 Å². The highest BCUT2D eigenvalue weighted by Crippen LogP contribution is 2.80. The van der Waals surface area contributed by atoms with Crippen LogP contribution in [0.2, 0.25) is 0 Å². The molecule has 2 spiro atoms. The molecule has 83 heavy (non-hydrogen) atoms. The zero-order valence-electron chi connectivity index (χ0n) is 46.2. The molecule has 0 amide bonds. The Kier molecular flexibility index (Phi) is 5.90. The first-order valence-electron chi connectivity index (χ1n) is 31.0. The summed E-state index contributed by atoms with van der Waals surface area (Å²) in [6.07, 6.45) is 11.6. The molecule has 4 fully saturated rings. The van der Waals surface area contributed by atoms with Crippen molar-refractivity contribution in [3.8, 4) is 11.1 Å². The van der Waals surface area contributed by atoms with Gasteiger partial charge in [0, 0.05) is 76.6 Å². The van der Waals surface area contributed by atoms with Gasteiger partial charge in [-0.2, -0.15) is 0 Å². The van der Waals surface area contributed by atoms with E-state index in [1.165, 1.54) is 68.7 Å². The molecule has 2 bridgehead atoms. The number of halogens is 1. The smallest absolute Gasteiger partial charge is 0.180 e. The second-order valence-corrected chi connectivity index (χ2v) is 29.0. The van der Waals surface area contributed by atoms with Gasteiger partial charge < -0.3 is 28.5 Å². The van der Waals surface area contributed by atoms with Crippen LogP contribution in [0.4, 0.5) is 0 Å². The summed E-state index contributed by atoms with van der Waals surface area (Å²) in [4.78, 5) is 5.67. The van der Waals surface area contributed by atoms with Gasteiger partial charge in [0.05, 0.1) is 20.1 Å². The van der Waals surface area contributed by atoms with Gasteiger partial charge in [-0.1, -0.05) is 84.9 Å². The number of hydrogen-bond donors (Lipinski definition) is 0. The van der Waals surface area contributed by atoms with E-state index in [1.54, 1.807) is 197 Å². The average Bonchev–Trinajstić information content (AvgIpc) is 1.48. The molecule has 9 aliphatic carbocycles. The predicted octanol–water partition coefficient (Wildman–Crippen LogP) is 12.4. The first-order chi connectivity index (χ1) is 40.3. The van der Waals surface area contributed by atoms with Gasteiger partial charge in [-0.3, -0.25) is 9.80 Å². The van der Waals surface area contributed by atoms with Crippen LogP contribution in [-0.2, 0) is 43.8 Å². The van der Waals surface area contributed by atoms with Crippen LogP contribution in [0.5, 0.6) is 0 Å². The van der Waals surface area contributed by atoms with Gasteiger partial charge in [0.15, 0.2) is 17.9 Å². The molecule has 15 aromatic carbocycles. The highest BCUT2D eigenvalue weighted by Gasteiger charge is 2.81. The number of rotatable bonds is 1. The van der Waals surface area contributed by atoms with Crippen molar-refractivity contribution in [2.75, 3.05) is 46.8 Å². The van der Waals surface area contributed by atoms with E-state index in [0.29, 0.717) is 17.9 Å². The molecule has 4 aliphatic heterocycles. The third-order valence-corrected chi connectivity index (χ3v) is 26.4. The number of piperazine rings is 3. The largest absolute Gasteiger partial charge is 1.00 e. The standard InChI is InChI=1S/C41H25N2.C37H23N2.HI/c1-42-7-3-4-18(14-42)41-32-24-13-22-11-20-9-17-6-5-16-8-19-10-21-12-23(25(32)15-43(41)2)33-34(24)38-31(22)29(20)36-27(17)26(16)35-28(19)30(21)37(33)40(38)39(35)36;1-39-8-6-38(7-9-39)36-23-14-19-5-4-18-11-21-13-20-10-16-2-3-17-12-22(15-23)33(36)31-25(17)24(16)29-26(20)27(21)30-28(18)34(19)37(36,39)35(30)32(29)31;/h3-9,12-14,25,32,41H,10-11,15H2,1-2H3;2-5,10-12,14H,6-9,13,15H2,1H3;1H/q2*+1;/p-1. The number of pyridine rings is 1. The second-order valence-electron chi connectivity index (χ2n) is 29.0. The van der Waals surface area contributed by atoms with Gasteiger partial charge >= 0.3 is 0 Å². The van der Waals surface area contributed by atoms with E-state index < -0.39 is 0 Å². The van der Waals surface area contributed by atoms with Crippen molar-refractivity contribution < 1.29 is 33.0 Å². The average molecular weight is 1170 g/mol. The molecule has 13 aliphatic rings. The third-order valence-electron chi connectivity index (χ3n) is 26.4. The molecular weight excluding hydrogens is 1120 g/mol. The number of benzene rings is 13. The molecule has 5 heteroatoms. The number of aryl methyl sites for hydroxylation is 1. The maximum atomic E-state index is 3.00. The van der Waals surface area contributed by atoms with Crippen LogP contribution in [0.15, 0.2) is 109 Å². The van der Waals surface area contributed by atoms with Crippen molar-refractivity contribution in [2.24, 2.45) is 7.05 Å². The topological polar surface area (TPSA) is 10.4 Å². The van der Waals surface area contributed by atoms with Crippen LogP contribution < -0.4 is 28.5 Å². The molecule has 4 nitrogen and oxygen atoms in total. The van der Waals surface area contributed by atoms with Gasteiger partial charge in [0.1, 0.15) is 12.6 Å². The maximum Gasteiger partial charge on any atom is 0.180 e. The van der Waals surface area contributed by atoms with Gasteiger partial charge in [-0.05, 0) is 240 Å². The van der Waals surface area contributed by atoms with E-state index >= 15 is 0 Å².